The van der Waals surface area contributed by atoms with E-state index in [-0.39, 0.29) is 0 Å². The Labute approximate surface area is 120 Å². The molecule has 2 nitrogen and oxygen atoms in total. The molecule has 0 spiro atoms. The van der Waals surface area contributed by atoms with E-state index < -0.39 is 6.10 Å². The van der Waals surface area contributed by atoms with Crippen LogP contribution in [0.15, 0.2) is 48.2 Å². The maximum atomic E-state index is 10.8. The van der Waals surface area contributed by atoms with E-state index in [1.54, 1.807) is 6.20 Å². The fourth-order valence-electron chi connectivity index (χ4n) is 3.46. The second kappa shape index (κ2) is 5.37. The Balaban J connectivity index is 1.97. The number of hydrogen-bond donors (Lipinski definition) is 1. The molecule has 1 aromatic heterocycles. The van der Waals surface area contributed by atoms with E-state index in [0.717, 1.165) is 29.3 Å². The van der Waals surface area contributed by atoms with Crippen molar-refractivity contribution in [2.45, 2.75) is 32.8 Å². The molecule has 1 heterocycles. The maximum Gasteiger partial charge on any atom is 0.0842 e. The summed E-state index contributed by atoms with van der Waals surface area (Å²) < 4.78 is 0. The van der Waals surface area contributed by atoms with Gasteiger partial charge in [0, 0.05) is 17.1 Å². The zero-order chi connectivity index (χ0) is 14.1. The fraction of sp³-hybridized carbons (Fsp3) is 0.389. The fourth-order valence-corrected chi connectivity index (χ4v) is 3.46. The zero-order valence-corrected chi connectivity index (χ0v) is 12.1. The summed E-state index contributed by atoms with van der Waals surface area (Å²) in [4.78, 5) is 4.46. The van der Waals surface area contributed by atoms with Crippen LogP contribution in [0.25, 0.3) is 10.9 Å². The number of fused-ring (bicyclic) bond motifs is 1. The van der Waals surface area contributed by atoms with Gasteiger partial charge in [0.25, 0.3) is 0 Å². The van der Waals surface area contributed by atoms with Crippen molar-refractivity contribution >= 4 is 10.9 Å². The molecule has 0 fully saturated rings. The summed E-state index contributed by atoms with van der Waals surface area (Å²) in [5.41, 5.74) is 3.29. The van der Waals surface area contributed by atoms with Gasteiger partial charge in [-0.05, 0) is 37.7 Å². The smallest absolute Gasteiger partial charge is 0.0842 e. The molecule has 0 amide bonds. The molecule has 0 aliphatic heterocycles. The van der Waals surface area contributed by atoms with E-state index in [1.807, 2.05) is 30.3 Å². The van der Waals surface area contributed by atoms with Crippen molar-refractivity contribution in [1.29, 1.82) is 0 Å². The number of aromatic nitrogens is 1. The number of aliphatic hydroxyl groups is 1. The molecule has 3 rings (SSSR count). The number of pyridine rings is 1. The topological polar surface area (TPSA) is 33.1 Å². The van der Waals surface area contributed by atoms with Crippen LogP contribution in [0, 0.1) is 11.8 Å². The highest BCUT2D eigenvalue weighted by molar-refractivity contribution is 5.81. The van der Waals surface area contributed by atoms with Gasteiger partial charge in [0.2, 0.25) is 0 Å². The first-order chi connectivity index (χ1) is 9.65. The average Bonchev–Trinajstić information content (AvgIpc) is 2.45. The van der Waals surface area contributed by atoms with Gasteiger partial charge in [-0.2, -0.15) is 0 Å². The summed E-state index contributed by atoms with van der Waals surface area (Å²) in [7, 11) is 0. The summed E-state index contributed by atoms with van der Waals surface area (Å²) in [5.74, 6) is 0.842. The summed E-state index contributed by atoms with van der Waals surface area (Å²) >= 11 is 0. The van der Waals surface area contributed by atoms with Gasteiger partial charge in [0.15, 0.2) is 0 Å². The molecular weight excluding hydrogens is 246 g/mol. The molecule has 1 aliphatic rings. The number of benzene rings is 1. The van der Waals surface area contributed by atoms with Crippen LogP contribution in [0.4, 0.5) is 0 Å². The van der Waals surface area contributed by atoms with E-state index in [9.17, 15) is 5.11 Å². The number of aliphatic hydroxyl groups excluding tert-OH is 1. The Morgan fingerprint density at radius 2 is 2.05 bits per heavy atom. The molecule has 1 aromatic carbocycles. The molecule has 3 atom stereocenters. The second-order valence-corrected chi connectivity index (χ2v) is 6.06. The van der Waals surface area contributed by atoms with Gasteiger partial charge < -0.3 is 5.11 Å². The predicted octanol–water partition coefficient (Wildman–Crippen LogP) is 4.26. The lowest BCUT2D eigenvalue weighted by Gasteiger charge is -2.30. The van der Waals surface area contributed by atoms with Crippen LogP contribution in [-0.4, -0.2) is 10.1 Å². The predicted molar refractivity (Wildman–Crippen MR) is 82.3 cm³/mol. The van der Waals surface area contributed by atoms with Gasteiger partial charge in [0.05, 0.1) is 11.6 Å². The van der Waals surface area contributed by atoms with Crippen molar-refractivity contribution in [2.24, 2.45) is 11.8 Å². The van der Waals surface area contributed by atoms with Gasteiger partial charge in [-0.3, -0.25) is 4.98 Å². The zero-order valence-electron chi connectivity index (χ0n) is 12.1. The summed E-state index contributed by atoms with van der Waals surface area (Å²) in [6.07, 6.45) is 5.72. The monoisotopic (exact) mass is 267 g/mol. The highest BCUT2D eigenvalue weighted by Crippen LogP contribution is 2.38. The summed E-state index contributed by atoms with van der Waals surface area (Å²) in [6, 6.07) is 10.1. The van der Waals surface area contributed by atoms with Crippen molar-refractivity contribution in [2.75, 3.05) is 0 Å². The molecule has 0 saturated heterocycles. The Morgan fingerprint density at radius 3 is 2.85 bits per heavy atom. The van der Waals surface area contributed by atoms with Crippen molar-refractivity contribution in [1.82, 2.24) is 4.98 Å². The first-order valence-electron chi connectivity index (χ1n) is 7.34. The van der Waals surface area contributed by atoms with E-state index in [2.05, 4.69) is 24.9 Å². The molecule has 3 unspecified atom stereocenters. The molecule has 20 heavy (non-hydrogen) atoms. The lowest BCUT2D eigenvalue weighted by molar-refractivity contribution is 0.0944. The molecule has 0 radical (unpaired) electrons. The van der Waals surface area contributed by atoms with E-state index >= 15 is 0 Å². The first-order valence-corrected chi connectivity index (χ1v) is 7.34. The third-order valence-electron chi connectivity index (χ3n) is 4.26. The van der Waals surface area contributed by atoms with Gasteiger partial charge in [0.1, 0.15) is 0 Å². The van der Waals surface area contributed by atoms with Crippen molar-refractivity contribution in [3.63, 3.8) is 0 Å². The number of allylic oxidation sites excluding steroid dienone is 2. The number of rotatable bonds is 2. The average molecular weight is 267 g/mol. The highest BCUT2D eigenvalue weighted by atomic mass is 16.3. The van der Waals surface area contributed by atoms with Crippen LogP contribution in [0.5, 0.6) is 0 Å². The van der Waals surface area contributed by atoms with Crippen LogP contribution in [-0.2, 0) is 0 Å². The van der Waals surface area contributed by atoms with Crippen molar-refractivity contribution < 1.29 is 5.11 Å². The molecule has 1 N–H and O–H groups in total. The third kappa shape index (κ3) is 2.48. The van der Waals surface area contributed by atoms with Crippen LogP contribution < -0.4 is 0 Å². The highest BCUT2D eigenvalue weighted by Gasteiger charge is 2.27. The molecule has 0 bridgehead atoms. The van der Waals surface area contributed by atoms with E-state index in [0.29, 0.717) is 11.8 Å². The van der Waals surface area contributed by atoms with Gasteiger partial charge in [-0.25, -0.2) is 0 Å². The lowest BCUT2D eigenvalue weighted by atomic mass is 9.78. The lowest BCUT2D eigenvalue weighted by Crippen LogP contribution is -2.19. The first kappa shape index (κ1) is 13.3. The van der Waals surface area contributed by atoms with Crippen LogP contribution in [0.1, 0.15) is 38.4 Å². The minimum absolute atomic E-state index is 0.294. The summed E-state index contributed by atoms with van der Waals surface area (Å²) in [6.45, 7) is 4.39. The Hall–Kier alpha value is -1.67. The second-order valence-electron chi connectivity index (χ2n) is 6.06. The van der Waals surface area contributed by atoms with E-state index in [1.165, 1.54) is 5.57 Å². The third-order valence-corrected chi connectivity index (χ3v) is 4.26. The number of para-hydroxylation sites is 1. The molecule has 2 heteroatoms. The van der Waals surface area contributed by atoms with Crippen LogP contribution >= 0.6 is 0 Å². The van der Waals surface area contributed by atoms with Gasteiger partial charge in [-0.1, -0.05) is 42.8 Å². The largest absolute Gasteiger partial charge is 0.388 e. The standard InChI is InChI=1S/C18H21NO/c1-12-9-13(2)11-15(10-12)18(20)16-7-3-5-14-6-4-8-19-17(14)16/h3-9,12,15,18,20H,10-11H2,1-2H3. The molecule has 1 aliphatic carbocycles. The van der Waals surface area contributed by atoms with Gasteiger partial charge >= 0.3 is 0 Å². The van der Waals surface area contributed by atoms with Crippen molar-refractivity contribution in [3.8, 4) is 0 Å². The quantitative estimate of drug-likeness (QED) is 0.825. The Morgan fingerprint density at radius 1 is 1.25 bits per heavy atom. The van der Waals surface area contributed by atoms with Crippen molar-refractivity contribution in [3.05, 3.63) is 53.7 Å². The molecular formula is C18H21NO. The molecule has 2 aromatic rings. The Bertz CT molecular complexity index is 641. The summed E-state index contributed by atoms with van der Waals surface area (Å²) in [5, 5.41) is 11.9. The normalized spacial score (nSPS) is 24.4. The van der Waals surface area contributed by atoms with Gasteiger partial charge in [-0.15, -0.1) is 0 Å². The number of hydrogen-bond acceptors (Lipinski definition) is 2. The minimum atomic E-state index is -0.431. The number of nitrogens with zero attached hydrogens (tertiary/aromatic N) is 1. The van der Waals surface area contributed by atoms with Crippen LogP contribution in [0.3, 0.4) is 0 Å². The molecule has 0 saturated carbocycles. The minimum Gasteiger partial charge on any atom is -0.388 e. The molecule has 104 valence electrons. The SMILES string of the molecule is CC1=CC(C)CC(C(O)c2cccc3cccnc23)C1. The Kier molecular flexibility index (Phi) is 3.58. The van der Waals surface area contributed by atoms with E-state index in [4.69, 9.17) is 0 Å². The maximum absolute atomic E-state index is 10.8. The van der Waals surface area contributed by atoms with Crippen LogP contribution in [0.2, 0.25) is 0 Å².